The molecule has 1 aliphatic heterocycles. The number of rotatable bonds is 11. The Morgan fingerprint density at radius 1 is 1.28 bits per heavy atom. The van der Waals surface area contributed by atoms with E-state index in [4.69, 9.17) is 0 Å². The van der Waals surface area contributed by atoms with Crippen molar-refractivity contribution in [2.75, 3.05) is 33.2 Å². The van der Waals surface area contributed by atoms with Gasteiger partial charge in [-0.1, -0.05) is 13.8 Å². The van der Waals surface area contributed by atoms with E-state index in [2.05, 4.69) is 46.4 Å². The first-order valence-corrected chi connectivity index (χ1v) is 10.9. The van der Waals surface area contributed by atoms with Crippen LogP contribution in [0.15, 0.2) is 9.79 Å². The normalized spacial score (nSPS) is 15.0. The number of nitrogens with zero attached hydrogens (tertiary/aromatic N) is 5. The number of nitrogens with one attached hydrogen (secondary N) is 2. The second kappa shape index (κ2) is 14.0. The molecule has 1 aromatic rings. The maximum atomic E-state index is 12.3. The van der Waals surface area contributed by atoms with E-state index in [-0.39, 0.29) is 29.7 Å². The zero-order chi connectivity index (χ0) is 20.4. The van der Waals surface area contributed by atoms with Crippen molar-refractivity contribution in [3.05, 3.63) is 16.3 Å². The lowest BCUT2D eigenvalue weighted by atomic mass is 10.2. The number of hydrogen-bond donors (Lipinski definition) is 2. The van der Waals surface area contributed by atoms with Crippen molar-refractivity contribution in [3.63, 3.8) is 0 Å². The molecule has 0 spiro atoms. The van der Waals surface area contributed by atoms with Crippen LogP contribution in [0.4, 0.5) is 0 Å². The molecule has 1 aromatic heterocycles. The molecule has 2 heterocycles. The van der Waals surface area contributed by atoms with Gasteiger partial charge >= 0.3 is 5.69 Å². The van der Waals surface area contributed by atoms with Gasteiger partial charge in [-0.3, -0.25) is 9.56 Å². The Bertz CT molecular complexity index is 666. The molecular weight excluding hydrogens is 481 g/mol. The van der Waals surface area contributed by atoms with Gasteiger partial charge in [-0.05, 0) is 58.7 Å². The van der Waals surface area contributed by atoms with Crippen molar-refractivity contribution in [2.24, 2.45) is 4.99 Å². The molecule has 0 saturated heterocycles. The molecule has 9 heteroatoms. The molecule has 2 rings (SSSR count). The van der Waals surface area contributed by atoms with Crippen molar-refractivity contribution >= 4 is 29.9 Å². The first-order valence-electron chi connectivity index (χ1n) is 10.9. The molecule has 0 aromatic carbocycles. The van der Waals surface area contributed by atoms with E-state index in [9.17, 15) is 4.79 Å². The van der Waals surface area contributed by atoms with Crippen molar-refractivity contribution in [3.8, 4) is 0 Å². The second-order valence-corrected chi connectivity index (χ2v) is 7.60. The molecule has 1 unspecified atom stereocenters. The van der Waals surface area contributed by atoms with Crippen LogP contribution in [0.5, 0.6) is 0 Å². The molecule has 29 heavy (non-hydrogen) atoms. The summed E-state index contributed by atoms with van der Waals surface area (Å²) in [6.07, 6.45) is 6.27. The Morgan fingerprint density at radius 3 is 2.69 bits per heavy atom. The lowest BCUT2D eigenvalue weighted by Crippen LogP contribution is -2.43. The SMILES string of the molecule is CCN(CC)CCCC(C)NC(=NC)NCCCn1nc2n(c1=O)CCCC2.I. The summed E-state index contributed by atoms with van der Waals surface area (Å²) in [5.74, 6) is 1.77. The van der Waals surface area contributed by atoms with Gasteiger partial charge in [-0.25, -0.2) is 9.48 Å². The number of guanidine groups is 1. The van der Waals surface area contributed by atoms with Gasteiger partial charge in [0.25, 0.3) is 0 Å². The van der Waals surface area contributed by atoms with Crippen LogP contribution >= 0.6 is 24.0 Å². The molecule has 1 aliphatic rings. The van der Waals surface area contributed by atoms with Crippen LogP contribution in [0.3, 0.4) is 0 Å². The fourth-order valence-corrected chi connectivity index (χ4v) is 3.69. The largest absolute Gasteiger partial charge is 0.356 e. The van der Waals surface area contributed by atoms with Gasteiger partial charge in [0, 0.05) is 39.1 Å². The third-order valence-corrected chi connectivity index (χ3v) is 5.48. The molecule has 1 atom stereocenters. The van der Waals surface area contributed by atoms with Gasteiger partial charge in [0.15, 0.2) is 5.96 Å². The van der Waals surface area contributed by atoms with Crippen LogP contribution in [0.25, 0.3) is 0 Å². The monoisotopic (exact) mass is 521 g/mol. The molecule has 0 fully saturated rings. The number of aliphatic imine (C=N–C) groups is 1. The third-order valence-electron chi connectivity index (χ3n) is 5.48. The highest BCUT2D eigenvalue weighted by Gasteiger charge is 2.16. The van der Waals surface area contributed by atoms with Crippen LogP contribution in [-0.2, 0) is 19.5 Å². The molecule has 0 radical (unpaired) electrons. The summed E-state index contributed by atoms with van der Waals surface area (Å²) in [7, 11) is 1.80. The average Bonchev–Trinajstić information content (AvgIpc) is 3.03. The average molecular weight is 521 g/mol. The first kappa shape index (κ1) is 25.9. The van der Waals surface area contributed by atoms with Crippen LogP contribution in [0.2, 0.25) is 0 Å². The van der Waals surface area contributed by atoms with Gasteiger partial charge in [0.2, 0.25) is 0 Å². The lowest BCUT2D eigenvalue weighted by Gasteiger charge is -2.21. The van der Waals surface area contributed by atoms with Gasteiger partial charge in [0.1, 0.15) is 5.82 Å². The van der Waals surface area contributed by atoms with Gasteiger partial charge in [-0.15, -0.1) is 24.0 Å². The molecule has 168 valence electrons. The quantitative estimate of drug-likeness (QED) is 0.202. The Labute approximate surface area is 192 Å². The summed E-state index contributed by atoms with van der Waals surface area (Å²) in [4.78, 5) is 19.1. The predicted octanol–water partition coefficient (Wildman–Crippen LogP) is 2.06. The Kier molecular flexibility index (Phi) is 12.5. The Morgan fingerprint density at radius 2 is 2.03 bits per heavy atom. The van der Waals surface area contributed by atoms with E-state index in [1.807, 2.05) is 4.57 Å². The van der Waals surface area contributed by atoms with E-state index in [0.29, 0.717) is 12.6 Å². The Balaban J connectivity index is 0.00000420. The lowest BCUT2D eigenvalue weighted by molar-refractivity contribution is 0.292. The van der Waals surface area contributed by atoms with Crippen LogP contribution in [0.1, 0.15) is 58.7 Å². The number of halogens is 1. The summed E-state index contributed by atoms with van der Waals surface area (Å²) in [6, 6.07) is 0.379. The number of hydrogen-bond acceptors (Lipinski definition) is 4. The van der Waals surface area contributed by atoms with E-state index in [1.165, 1.54) is 6.42 Å². The summed E-state index contributed by atoms with van der Waals surface area (Å²) in [6.45, 7) is 12.2. The molecule has 0 saturated carbocycles. The number of aryl methyl sites for hydroxylation is 2. The van der Waals surface area contributed by atoms with E-state index < -0.39 is 0 Å². The summed E-state index contributed by atoms with van der Waals surface area (Å²) >= 11 is 0. The van der Waals surface area contributed by atoms with Crippen molar-refractivity contribution in [2.45, 2.75) is 78.4 Å². The van der Waals surface area contributed by atoms with E-state index >= 15 is 0 Å². The maximum absolute atomic E-state index is 12.3. The standard InChI is InChI=1S/C20H39N7O.HI/c1-5-25(6-2)14-9-11-17(3)23-19(21-4)22-13-10-16-27-20(28)26-15-8-7-12-18(26)24-27;/h17H,5-16H2,1-4H3,(H2,21,22,23);1H. The minimum atomic E-state index is 0. The molecule has 0 amide bonds. The molecule has 2 N–H and O–H groups in total. The van der Waals surface area contributed by atoms with Crippen LogP contribution in [-0.4, -0.2) is 64.5 Å². The fraction of sp³-hybridized carbons (Fsp3) is 0.850. The van der Waals surface area contributed by atoms with Crippen molar-refractivity contribution in [1.82, 2.24) is 29.9 Å². The summed E-state index contributed by atoms with van der Waals surface area (Å²) < 4.78 is 3.45. The maximum Gasteiger partial charge on any atom is 0.345 e. The van der Waals surface area contributed by atoms with E-state index in [1.54, 1.807) is 11.7 Å². The topological polar surface area (TPSA) is 79.5 Å². The zero-order valence-electron chi connectivity index (χ0n) is 18.6. The first-order chi connectivity index (χ1) is 13.6. The molecule has 0 aliphatic carbocycles. The summed E-state index contributed by atoms with van der Waals surface area (Å²) in [5, 5.41) is 11.3. The number of aromatic nitrogens is 3. The van der Waals surface area contributed by atoms with Crippen molar-refractivity contribution < 1.29 is 0 Å². The smallest absolute Gasteiger partial charge is 0.345 e. The highest BCUT2D eigenvalue weighted by Crippen LogP contribution is 2.09. The summed E-state index contributed by atoms with van der Waals surface area (Å²) in [5.41, 5.74) is 0.0408. The highest BCUT2D eigenvalue weighted by molar-refractivity contribution is 14.0. The third kappa shape index (κ3) is 8.27. The molecular formula is C20H40IN7O. The van der Waals surface area contributed by atoms with Crippen LogP contribution < -0.4 is 16.3 Å². The Hall–Kier alpha value is -1.10. The number of fused-ring (bicyclic) bond motifs is 1. The molecule has 8 nitrogen and oxygen atoms in total. The van der Waals surface area contributed by atoms with Gasteiger partial charge < -0.3 is 15.5 Å². The predicted molar refractivity (Wildman–Crippen MR) is 130 cm³/mol. The highest BCUT2D eigenvalue weighted by atomic mass is 127. The van der Waals surface area contributed by atoms with Gasteiger partial charge in [0.05, 0.1) is 0 Å². The minimum Gasteiger partial charge on any atom is -0.356 e. The molecule has 0 bridgehead atoms. The zero-order valence-corrected chi connectivity index (χ0v) is 20.9. The minimum absolute atomic E-state index is 0. The van der Waals surface area contributed by atoms with Crippen LogP contribution in [0, 0.1) is 0 Å². The van der Waals surface area contributed by atoms with Crippen molar-refractivity contribution in [1.29, 1.82) is 0 Å². The van der Waals surface area contributed by atoms with E-state index in [0.717, 1.165) is 76.6 Å². The van der Waals surface area contributed by atoms with Gasteiger partial charge in [-0.2, -0.15) is 5.10 Å². The fourth-order valence-electron chi connectivity index (χ4n) is 3.69. The second-order valence-electron chi connectivity index (χ2n) is 7.60.